The number of aliphatic imine (C=N–C) groups is 1. The van der Waals surface area contributed by atoms with Crippen molar-refractivity contribution < 1.29 is 13.2 Å². The van der Waals surface area contributed by atoms with Crippen molar-refractivity contribution in [2.45, 2.75) is 18.6 Å². The van der Waals surface area contributed by atoms with Gasteiger partial charge in [0.15, 0.2) is 5.96 Å². The van der Waals surface area contributed by atoms with Gasteiger partial charge in [-0.15, -0.1) is 0 Å². The Morgan fingerprint density at radius 3 is 2.89 bits per heavy atom. The summed E-state index contributed by atoms with van der Waals surface area (Å²) in [6.45, 7) is 1.13. The van der Waals surface area contributed by atoms with E-state index in [4.69, 9.17) is 5.73 Å². The van der Waals surface area contributed by atoms with Crippen LogP contribution in [0.1, 0.15) is 12.0 Å². The molecule has 1 heterocycles. The maximum Gasteiger partial charge on any atom is 0.416 e. The Balaban J connectivity index is 2.01. The standard InChI is InChI=1S/C12H15F3N4/c13-12(14,15)8-2-1-3-9(6-8)18-11-17-7-10(19-11)4-5-16/h1-3,6,10H,4-5,7,16H2,(H2,17,18,19)/t10-/m0/s1. The first-order valence-corrected chi connectivity index (χ1v) is 5.94. The van der Waals surface area contributed by atoms with Gasteiger partial charge in [-0.25, -0.2) is 0 Å². The van der Waals surface area contributed by atoms with Gasteiger partial charge in [-0.05, 0) is 31.2 Å². The number of hydrogen-bond acceptors (Lipinski definition) is 4. The van der Waals surface area contributed by atoms with Crippen LogP contribution in [-0.4, -0.2) is 25.1 Å². The number of benzene rings is 1. The maximum absolute atomic E-state index is 12.6. The molecule has 4 nitrogen and oxygen atoms in total. The number of nitrogens with one attached hydrogen (secondary N) is 2. The van der Waals surface area contributed by atoms with Crippen molar-refractivity contribution in [3.63, 3.8) is 0 Å². The molecule has 0 saturated heterocycles. The van der Waals surface area contributed by atoms with Crippen LogP contribution >= 0.6 is 0 Å². The predicted octanol–water partition coefficient (Wildman–Crippen LogP) is 1.79. The van der Waals surface area contributed by atoms with Gasteiger partial charge in [-0.3, -0.25) is 4.99 Å². The SMILES string of the molecule is NCC[C@H]1CN=C(Nc2cccc(C(F)(F)F)c2)N1. The molecule has 0 aliphatic carbocycles. The molecule has 0 spiro atoms. The summed E-state index contributed by atoms with van der Waals surface area (Å²) in [6.07, 6.45) is -3.57. The molecule has 7 heteroatoms. The smallest absolute Gasteiger partial charge is 0.351 e. The van der Waals surface area contributed by atoms with Gasteiger partial charge in [0, 0.05) is 11.7 Å². The van der Waals surface area contributed by atoms with Crippen molar-refractivity contribution >= 4 is 11.6 Å². The minimum absolute atomic E-state index is 0.151. The number of nitrogens with zero attached hydrogens (tertiary/aromatic N) is 1. The summed E-state index contributed by atoms with van der Waals surface area (Å²) in [6, 6.07) is 5.17. The lowest BCUT2D eigenvalue weighted by atomic mass is 10.2. The summed E-state index contributed by atoms with van der Waals surface area (Å²) in [4.78, 5) is 4.18. The number of guanidine groups is 1. The number of anilines is 1. The van der Waals surface area contributed by atoms with Gasteiger partial charge in [0.2, 0.25) is 0 Å². The average Bonchev–Trinajstić information content (AvgIpc) is 2.76. The Labute approximate surface area is 108 Å². The van der Waals surface area contributed by atoms with Crippen LogP contribution in [0.25, 0.3) is 0 Å². The van der Waals surface area contributed by atoms with E-state index < -0.39 is 11.7 Å². The molecule has 1 aliphatic rings. The van der Waals surface area contributed by atoms with E-state index in [0.717, 1.165) is 18.6 Å². The number of nitrogens with two attached hydrogens (primary N) is 1. The average molecular weight is 272 g/mol. The minimum Gasteiger partial charge on any atom is -0.351 e. The van der Waals surface area contributed by atoms with Crippen LogP contribution in [0.2, 0.25) is 0 Å². The topological polar surface area (TPSA) is 62.4 Å². The second-order valence-corrected chi connectivity index (χ2v) is 4.31. The normalized spacial score (nSPS) is 18.9. The molecule has 1 aromatic carbocycles. The van der Waals surface area contributed by atoms with Crippen LogP contribution in [0.3, 0.4) is 0 Å². The molecule has 0 bridgehead atoms. The van der Waals surface area contributed by atoms with Crippen molar-refractivity contribution in [2.75, 3.05) is 18.4 Å². The van der Waals surface area contributed by atoms with E-state index in [1.807, 2.05) is 0 Å². The number of rotatable bonds is 3. The zero-order valence-electron chi connectivity index (χ0n) is 10.2. The summed E-state index contributed by atoms with van der Waals surface area (Å²) >= 11 is 0. The van der Waals surface area contributed by atoms with Gasteiger partial charge in [0.25, 0.3) is 0 Å². The fourth-order valence-electron chi connectivity index (χ4n) is 1.84. The van der Waals surface area contributed by atoms with E-state index >= 15 is 0 Å². The van der Waals surface area contributed by atoms with Gasteiger partial charge in [0.05, 0.1) is 12.1 Å². The molecule has 0 aromatic heterocycles. The van der Waals surface area contributed by atoms with Crippen LogP contribution in [0.5, 0.6) is 0 Å². The minimum atomic E-state index is -4.34. The molecule has 19 heavy (non-hydrogen) atoms. The molecule has 4 N–H and O–H groups in total. The van der Waals surface area contributed by atoms with E-state index in [2.05, 4.69) is 15.6 Å². The third-order valence-corrected chi connectivity index (χ3v) is 2.78. The summed E-state index contributed by atoms with van der Waals surface area (Å²) in [5.74, 6) is 0.484. The highest BCUT2D eigenvalue weighted by Gasteiger charge is 2.30. The van der Waals surface area contributed by atoms with E-state index in [-0.39, 0.29) is 6.04 Å². The van der Waals surface area contributed by atoms with Gasteiger partial charge in [-0.2, -0.15) is 13.2 Å². The first kappa shape index (κ1) is 13.7. The van der Waals surface area contributed by atoms with Crippen molar-refractivity contribution in [1.82, 2.24) is 5.32 Å². The van der Waals surface area contributed by atoms with Crippen LogP contribution in [0.4, 0.5) is 18.9 Å². The number of hydrogen-bond donors (Lipinski definition) is 3. The highest BCUT2D eigenvalue weighted by atomic mass is 19.4. The first-order chi connectivity index (χ1) is 8.99. The number of alkyl halides is 3. The van der Waals surface area contributed by atoms with Crippen molar-refractivity contribution in [1.29, 1.82) is 0 Å². The van der Waals surface area contributed by atoms with Crippen molar-refractivity contribution in [3.05, 3.63) is 29.8 Å². The monoisotopic (exact) mass is 272 g/mol. The fourth-order valence-corrected chi connectivity index (χ4v) is 1.84. The zero-order valence-corrected chi connectivity index (χ0v) is 10.2. The van der Waals surface area contributed by atoms with Gasteiger partial charge < -0.3 is 16.4 Å². The second kappa shape index (κ2) is 5.48. The Hall–Kier alpha value is -1.76. The molecule has 0 saturated carbocycles. The van der Waals surface area contributed by atoms with Gasteiger partial charge in [0.1, 0.15) is 0 Å². The lowest BCUT2D eigenvalue weighted by Gasteiger charge is -2.13. The molecule has 0 unspecified atom stereocenters. The van der Waals surface area contributed by atoms with Crippen LogP contribution < -0.4 is 16.4 Å². The van der Waals surface area contributed by atoms with Gasteiger partial charge >= 0.3 is 6.18 Å². The molecule has 1 aliphatic heterocycles. The highest BCUT2D eigenvalue weighted by molar-refractivity contribution is 5.95. The molecule has 1 aromatic rings. The molecule has 2 rings (SSSR count). The predicted molar refractivity (Wildman–Crippen MR) is 68.0 cm³/mol. The van der Waals surface area contributed by atoms with Crippen LogP contribution in [-0.2, 0) is 6.18 Å². The lowest BCUT2D eigenvalue weighted by molar-refractivity contribution is -0.137. The van der Waals surface area contributed by atoms with Crippen LogP contribution in [0, 0.1) is 0 Å². The molecule has 0 radical (unpaired) electrons. The summed E-state index contributed by atoms with van der Waals surface area (Å²) in [5.41, 5.74) is 5.11. The molecular weight excluding hydrogens is 257 g/mol. The molecule has 0 amide bonds. The van der Waals surface area contributed by atoms with E-state index in [1.165, 1.54) is 6.07 Å². The highest BCUT2D eigenvalue weighted by Crippen LogP contribution is 2.30. The van der Waals surface area contributed by atoms with Gasteiger partial charge in [-0.1, -0.05) is 6.07 Å². The third-order valence-electron chi connectivity index (χ3n) is 2.78. The largest absolute Gasteiger partial charge is 0.416 e. The van der Waals surface area contributed by atoms with E-state index in [0.29, 0.717) is 24.7 Å². The Kier molecular flexibility index (Phi) is 3.94. The molecule has 104 valence electrons. The first-order valence-electron chi connectivity index (χ1n) is 5.94. The van der Waals surface area contributed by atoms with Crippen molar-refractivity contribution in [3.8, 4) is 0 Å². The third kappa shape index (κ3) is 3.60. The van der Waals surface area contributed by atoms with Crippen molar-refractivity contribution in [2.24, 2.45) is 10.7 Å². The molecule has 1 atom stereocenters. The second-order valence-electron chi connectivity index (χ2n) is 4.31. The number of halogens is 3. The van der Waals surface area contributed by atoms with E-state index in [1.54, 1.807) is 6.07 Å². The molecule has 0 fully saturated rings. The summed E-state index contributed by atoms with van der Waals surface area (Å²) < 4.78 is 37.7. The Morgan fingerprint density at radius 1 is 1.42 bits per heavy atom. The molecular formula is C12H15F3N4. The zero-order chi connectivity index (χ0) is 13.9. The maximum atomic E-state index is 12.6. The lowest BCUT2D eigenvalue weighted by Crippen LogP contribution is -2.35. The van der Waals surface area contributed by atoms with E-state index in [9.17, 15) is 13.2 Å². The summed E-state index contributed by atoms with van der Waals surface area (Å²) in [5, 5.41) is 5.92. The fraction of sp³-hybridized carbons (Fsp3) is 0.417. The summed E-state index contributed by atoms with van der Waals surface area (Å²) in [7, 11) is 0. The Morgan fingerprint density at radius 2 is 2.21 bits per heavy atom. The quantitative estimate of drug-likeness (QED) is 0.786. The van der Waals surface area contributed by atoms with Crippen LogP contribution in [0.15, 0.2) is 29.3 Å². The Bertz CT molecular complexity index is 470.